The minimum atomic E-state index is 0.858. The SMILES string of the molecule is Cc1cccc(-c2n[nH]cc2-c2ccnc(-c3ccc(CN4CCCC4)cc3)c2)n1. The van der Waals surface area contributed by atoms with Crippen LogP contribution in [0.3, 0.4) is 0 Å². The fraction of sp³-hybridized carbons (Fsp3) is 0.240. The molecule has 1 fully saturated rings. The largest absolute Gasteiger partial charge is 0.299 e. The van der Waals surface area contributed by atoms with Gasteiger partial charge in [-0.3, -0.25) is 20.0 Å². The molecule has 1 N–H and O–H groups in total. The van der Waals surface area contributed by atoms with Crippen LogP contribution in [-0.4, -0.2) is 38.2 Å². The van der Waals surface area contributed by atoms with E-state index in [2.05, 4.69) is 55.4 Å². The van der Waals surface area contributed by atoms with Crippen molar-refractivity contribution in [3.8, 4) is 33.8 Å². The van der Waals surface area contributed by atoms with Crippen LogP contribution in [0.5, 0.6) is 0 Å². The Morgan fingerprint density at radius 1 is 0.933 bits per heavy atom. The van der Waals surface area contributed by atoms with Gasteiger partial charge in [0.15, 0.2) is 0 Å². The zero-order chi connectivity index (χ0) is 20.3. The summed E-state index contributed by atoms with van der Waals surface area (Å²) in [5.41, 5.74) is 8.26. The monoisotopic (exact) mass is 395 g/mol. The van der Waals surface area contributed by atoms with Gasteiger partial charge in [0.25, 0.3) is 0 Å². The lowest BCUT2D eigenvalue weighted by atomic mass is 10.0. The smallest absolute Gasteiger partial charge is 0.118 e. The Balaban J connectivity index is 1.42. The summed E-state index contributed by atoms with van der Waals surface area (Å²) in [6, 6.07) is 18.9. The van der Waals surface area contributed by atoms with E-state index >= 15 is 0 Å². The molecule has 1 aromatic carbocycles. The fourth-order valence-electron chi connectivity index (χ4n) is 4.12. The van der Waals surface area contributed by atoms with Gasteiger partial charge < -0.3 is 0 Å². The molecule has 0 radical (unpaired) electrons. The van der Waals surface area contributed by atoms with E-state index in [0.29, 0.717) is 0 Å². The van der Waals surface area contributed by atoms with E-state index in [1.54, 1.807) is 0 Å². The van der Waals surface area contributed by atoms with Crippen LogP contribution in [0.1, 0.15) is 24.1 Å². The molecule has 150 valence electrons. The second kappa shape index (κ2) is 8.20. The number of nitrogens with one attached hydrogen (secondary N) is 1. The number of nitrogens with zero attached hydrogens (tertiary/aromatic N) is 4. The number of hydrogen-bond acceptors (Lipinski definition) is 4. The van der Waals surface area contributed by atoms with Crippen molar-refractivity contribution in [2.75, 3.05) is 13.1 Å². The topological polar surface area (TPSA) is 57.7 Å². The number of aromatic nitrogens is 4. The molecule has 1 aliphatic rings. The molecule has 0 bridgehead atoms. The van der Waals surface area contributed by atoms with Gasteiger partial charge in [0.2, 0.25) is 0 Å². The van der Waals surface area contributed by atoms with Gasteiger partial charge in [0.1, 0.15) is 5.69 Å². The Hall–Kier alpha value is -3.31. The number of benzene rings is 1. The first kappa shape index (κ1) is 18.7. The molecule has 0 amide bonds. The van der Waals surface area contributed by atoms with Gasteiger partial charge in [0, 0.05) is 35.8 Å². The van der Waals surface area contributed by atoms with Gasteiger partial charge in [-0.2, -0.15) is 5.10 Å². The number of H-pyrrole nitrogens is 1. The van der Waals surface area contributed by atoms with Crippen LogP contribution < -0.4 is 0 Å². The summed E-state index contributed by atoms with van der Waals surface area (Å²) >= 11 is 0. The van der Waals surface area contributed by atoms with E-state index < -0.39 is 0 Å². The number of aryl methyl sites for hydroxylation is 1. The molecule has 0 saturated carbocycles. The highest BCUT2D eigenvalue weighted by molar-refractivity contribution is 5.80. The molecular weight excluding hydrogens is 370 g/mol. The maximum absolute atomic E-state index is 4.63. The number of aromatic amines is 1. The zero-order valence-corrected chi connectivity index (χ0v) is 17.2. The summed E-state index contributed by atoms with van der Waals surface area (Å²) in [5.74, 6) is 0. The fourth-order valence-corrected chi connectivity index (χ4v) is 4.12. The Bertz CT molecular complexity index is 1140. The maximum Gasteiger partial charge on any atom is 0.118 e. The van der Waals surface area contributed by atoms with Crippen LogP contribution in [-0.2, 0) is 6.54 Å². The summed E-state index contributed by atoms with van der Waals surface area (Å²) in [6.45, 7) is 5.46. The van der Waals surface area contributed by atoms with Gasteiger partial charge in [-0.25, -0.2) is 0 Å². The van der Waals surface area contributed by atoms with Crippen molar-refractivity contribution in [3.63, 3.8) is 0 Å². The zero-order valence-electron chi connectivity index (χ0n) is 17.2. The maximum atomic E-state index is 4.63. The van der Waals surface area contributed by atoms with Gasteiger partial charge in [-0.15, -0.1) is 0 Å². The predicted octanol–water partition coefficient (Wildman–Crippen LogP) is 5.10. The molecule has 30 heavy (non-hydrogen) atoms. The Morgan fingerprint density at radius 3 is 2.57 bits per heavy atom. The lowest BCUT2D eigenvalue weighted by Crippen LogP contribution is -2.18. The lowest BCUT2D eigenvalue weighted by Gasteiger charge is -2.14. The van der Waals surface area contributed by atoms with E-state index in [1.807, 2.05) is 43.6 Å². The van der Waals surface area contributed by atoms with E-state index in [4.69, 9.17) is 0 Å². The molecule has 1 saturated heterocycles. The van der Waals surface area contributed by atoms with E-state index in [9.17, 15) is 0 Å². The molecule has 0 unspecified atom stereocenters. The molecule has 1 aliphatic heterocycles. The quantitative estimate of drug-likeness (QED) is 0.510. The molecule has 5 nitrogen and oxygen atoms in total. The minimum absolute atomic E-state index is 0.858. The van der Waals surface area contributed by atoms with Crippen molar-refractivity contribution in [2.24, 2.45) is 0 Å². The minimum Gasteiger partial charge on any atom is -0.299 e. The molecular formula is C25H25N5. The van der Waals surface area contributed by atoms with Crippen LogP contribution in [0.25, 0.3) is 33.8 Å². The normalized spacial score (nSPS) is 14.3. The summed E-state index contributed by atoms with van der Waals surface area (Å²) in [5, 5.41) is 7.45. The average Bonchev–Trinajstić information content (AvgIpc) is 3.47. The van der Waals surface area contributed by atoms with Gasteiger partial charge >= 0.3 is 0 Å². The first-order valence-electron chi connectivity index (χ1n) is 10.5. The van der Waals surface area contributed by atoms with Crippen molar-refractivity contribution in [3.05, 3.63) is 78.2 Å². The summed E-state index contributed by atoms with van der Waals surface area (Å²) in [6.07, 6.45) is 6.44. The van der Waals surface area contributed by atoms with E-state index in [1.165, 1.54) is 31.5 Å². The third-order valence-electron chi connectivity index (χ3n) is 5.70. The highest BCUT2D eigenvalue weighted by Crippen LogP contribution is 2.31. The Kier molecular flexibility index (Phi) is 5.11. The van der Waals surface area contributed by atoms with Crippen LogP contribution in [0.2, 0.25) is 0 Å². The Labute approximate surface area is 176 Å². The second-order valence-corrected chi connectivity index (χ2v) is 7.92. The van der Waals surface area contributed by atoms with Gasteiger partial charge in [-0.1, -0.05) is 30.3 Å². The molecule has 4 heterocycles. The van der Waals surface area contributed by atoms with Crippen molar-refractivity contribution < 1.29 is 0 Å². The third kappa shape index (κ3) is 3.89. The average molecular weight is 396 g/mol. The van der Waals surface area contributed by atoms with Crippen LogP contribution in [0.15, 0.2) is 67.0 Å². The van der Waals surface area contributed by atoms with Gasteiger partial charge in [-0.05, 0) is 68.2 Å². The predicted molar refractivity (Wildman–Crippen MR) is 120 cm³/mol. The molecule has 0 spiro atoms. The molecule has 0 aliphatic carbocycles. The summed E-state index contributed by atoms with van der Waals surface area (Å²) in [4.78, 5) is 11.8. The van der Waals surface area contributed by atoms with Crippen LogP contribution >= 0.6 is 0 Å². The third-order valence-corrected chi connectivity index (χ3v) is 5.70. The first-order valence-corrected chi connectivity index (χ1v) is 10.5. The van der Waals surface area contributed by atoms with Crippen molar-refractivity contribution in [1.82, 2.24) is 25.1 Å². The molecule has 4 aromatic rings. The van der Waals surface area contributed by atoms with E-state index in [-0.39, 0.29) is 0 Å². The Morgan fingerprint density at radius 2 is 1.77 bits per heavy atom. The van der Waals surface area contributed by atoms with Crippen molar-refractivity contribution in [2.45, 2.75) is 26.3 Å². The first-order chi connectivity index (χ1) is 14.8. The summed E-state index contributed by atoms with van der Waals surface area (Å²) < 4.78 is 0. The highest BCUT2D eigenvalue weighted by atomic mass is 15.1. The molecule has 5 rings (SSSR count). The standard InChI is InChI=1S/C25H25N5/c1-18-5-4-6-23(28-18)25-22(16-27-29-25)21-11-12-26-24(15-21)20-9-7-19(8-10-20)17-30-13-2-3-14-30/h4-12,15-16H,2-3,13-14,17H2,1H3,(H,27,29). The highest BCUT2D eigenvalue weighted by Gasteiger charge is 2.14. The number of likely N-dealkylation sites (tertiary alicyclic amines) is 1. The number of pyridine rings is 2. The van der Waals surface area contributed by atoms with Gasteiger partial charge in [0.05, 0.1) is 11.4 Å². The molecule has 0 atom stereocenters. The van der Waals surface area contributed by atoms with Crippen molar-refractivity contribution >= 4 is 0 Å². The number of hydrogen-bond donors (Lipinski definition) is 1. The lowest BCUT2D eigenvalue weighted by molar-refractivity contribution is 0.331. The van der Waals surface area contributed by atoms with Crippen molar-refractivity contribution in [1.29, 1.82) is 0 Å². The molecule has 5 heteroatoms. The summed E-state index contributed by atoms with van der Waals surface area (Å²) in [7, 11) is 0. The van der Waals surface area contributed by atoms with E-state index in [0.717, 1.165) is 46.0 Å². The second-order valence-electron chi connectivity index (χ2n) is 7.92. The molecule has 3 aromatic heterocycles. The van der Waals surface area contributed by atoms with Crippen LogP contribution in [0, 0.1) is 6.92 Å². The van der Waals surface area contributed by atoms with Crippen LogP contribution in [0.4, 0.5) is 0 Å². The number of rotatable bonds is 5.